The van der Waals surface area contributed by atoms with E-state index in [1.54, 1.807) is 38.5 Å². The van der Waals surface area contributed by atoms with Gasteiger partial charge in [0.05, 0.1) is 20.8 Å². The number of methoxy groups -OCH3 is 2. The molecular formula is C19H21NO4. The third-order valence-corrected chi connectivity index (χ3v) is 4.13. The normalized spacial score (nSPS) is 16.8. The van der Waals surface area contributed by atoms with E-state index >= 15 is 0 Å². The van der Waals surface area contributed by atoms with Crippen LogP contribution < -0.4 is 14.2 Å². The van der Waals surface area contributed by atoms with Crippen molar-refractivity contribution in [1.29, 1.82) is 0 Å². The molecule has 1 saturated heterocycles. The van der Waals surface area contributed by atoms with Crippen molar-refractivity contribution in [1.82, 2.24) is 4.90 Å². The summed E-state index contributed by atoms with van der Waals surface area (Å²) in [7, 11) is 3.24. The highest BCUT2D eigenvalue weighted by Crippen LogP contribution is 2.22. The summed E-state index contributed by atoms with van der Waals surface area (Å²) in [6.07, 6.45) is 0.842. The molecule has 126 valence electrons. The summed E-state index contributed by atoms with van der Waals surface area (Å²) in [5.41, 5.74) is 0.667. The summed E-state index contributed by atoms with van der Waals surface area (Å²) in [6.45, 7) is 1.29. The Morgan fingerprint density at radius 3 is 2.04 bits per heavy atom. The van der Waals surface area contributed by atoms with Gasteiger partial charge in [0.1, 0.15) is 23.4 Å². The van der Waals surface area contributed by atoms with Crippen LogP contribution in [0.2, 0.25) is 0 Å². The summed E-state index contributed by atoms with van der Waals surface area (Å²) in [6, 6.07) is 14.7. The minimum Gasteiger partial charge on any atom is -0.497 e. The van der Waals surface area contributed by atoms with E-state index in [-0.39, 0.29) is 12.0 Å². The minimum absolute atomic E-state index is 0.0144. The van der Waals surface area contributed by atoms with Gasteiger partial charge in [-0.15, -0.1) is 0 Å². The summed E-state index contributed by atoms with van der Waals surface area (Å²) in [5.74, 6) is 2.36. The van der Waals surface area contributed by atoms with Gasteiger partial charge in [-0.2, -0.15) is 0 Å². The van der Waals surface area contributed by atoms with Gasteiger partial charge < -0.3 is 19.1 Å². The van der Waals surface area contributed by atoms with E-state index in [0.29, 0.717) is 18.7 Å². The van der Waals surface area contributed by atoms with Gasteiger partial charge in [-0.1, -0.05) is 0 Å². The molecule has 1 amide bonds. The average molecular weight is 327 g/mol. The molecular weight excluding hydrogens is 306 g/mol. The van der Waals surface area contributed by atoms with Crippen molar-refractivity contribution < 1.29 is 19.0 Å². The van der Waals surface area contributed by atoms with Crippen LogP contribution in [0.15, 0.2) is 48.5 Å². The Morgan fingerprint density at radius 1 is 0.917 bits per heavy atom. The second-order valence-corrected chi connectivity index (χ2v) is 5.68. The third-order valence-electron chi connectivity index (χ3n) is 4.13. The molecule has 0 saturated carbocycles. The molecule has 1 atom stereocenters. The Hall–Kier alpha value is -2.69. The molecule has 5 heteroatoms. The monoisotopic (exact) mass is 327 g/mol. The van der Waals surface area contributed by atoms with Crippen molar-refractivity contribution in [3.63, 3.8) is 0 Å². The summed E-state index contributed by atoms with van der Waals surface area (Å²) in [4.78, 5) is 14.4. The van der Waals surface area contributed by atoms with Crippen LogP contribution in [-0.4, -0.2) is 44.2 Å². The molecule has 0 radical (unpaired) electrons. The zero-order chi connectivity index (χ0) is 16.9. The molecule has 0 bridgehead atoms. The Balaban J connectivity index is 1.58. The van der Waals surface area contributed by atoms with Gasteiger partial charge >= 0.3 is 0 Å². The third kappa shape index (κ3) is 3.62. The minimum atomic E-state index is 0.0144. The van der Waals surface area contributed by atoms with Crippen molar-refractivity contribution in [3.05, 3.63) is 54.1 Å². The van der Waals surface area contributed by atoms with Gasteiger partial charge in [-0.3, -0.25) is 4.79 Å². The molecule has 5 nitrogen and oxygen atoms in total. The van der Waals surface area contributed by atoms with Gasteiger partial charge in [-0.05, 0) is 48.5 Å². The molecule has 0 spiro atoms. The van der Waals surface area contributed by atoms with Crippen LogP contribution in [0.4, 0.5) is 0 Å². The molecule has 0 N–H and O–H groups in total. The average Bonchev–Trinajstić information content (AvgIpc) is 3.10. The zero-order valence-electron chi connectivity index (χ0n) is 13.9. The first-order valence-electron chi connectivity index (χ1n) is 7.93. The van der Waals surface area contributed by atoms with E-state index < -0.39 is 0 Å². The van der Waals surface area contributed by atoms with Gasteiger partial charge in [0.2, 0.25) is 0 Å². The number of ether oxygens (including phenoxy) is 3. The van der Waals surface area contributed by atoms with E-state index in [2.05, 4.69) is 0 Å². The lowest BCUT2D eigenvalue weighted by molar-refractivity contribution is 0.0772. The molecule has 24 heavy (non-hydrogen) atoms. The number of likely N-dealkylation sites (tertiary alicyclic amines) is 1. The molecule has 0 unspecified atom stereocenters. The highest BCUT2D eigenvalue weighted by Gasteiger charge is 2.28. The van der Waals surface area contributed by atoms with Crippen molar-refractivity contribution in [3.8, 4) is 17.2 Å². The Labute approximate surface area is 141 Å². The smallest absolute Gasteiger partial charge is 0.253 e. The maximum Gasteiger partial charge on any atom is 0.253 e. The van der Waals surface area contributed by atoms with Gasteiger partial charge in [0.25, 0.3) is 5.91 Å². The first kappa shape index (κ1) is 16.2. The lowest BCUT2D eigenvalue weighted by atomic mass is 10.2. The maximum absolute atomic E-state index is 12.5. The van der Waals surface area contributed by atoms with Crippen molar-refractivity contribution >= 4 is 5.91 Å². The topological polar surface area (TPSA) is 48.0 Å². The molecule has 2 aromatic carbocycles. The summed E-state index contributed by atoms with van der Waals surface area (Å²) < 4.78 is 16.2. The summed E-state index contributed by atoms with van der Waals surface area (Å²) in [5, 5.41) is 0. The quantitative estimate of drug-likeness (QED) is 0.847. The lowest BCUT2D eigenvalue weighted by Crippen LogP contribution is -2.30. The molecule has 2 aromatic rings. The van der Waals surface area contributed by atoms with Crippen LogP contribution >= 0.6 is 0 Å². The first-order valence-corrected chi connectivity index (χ1v) is 7.93. The molecule has 0 aliphatic carbocycles. The molecule has 0 aromatic heterocycles. The highest BCUT2D eigenvalue weighted by atomic mass is 16.5. The fourth-order valence-corrected chi connectivity index (χ4v) is 2.77. The molecule has 1 fully saturated rings. The van der Waals surface area contributed by atoms with Gasteiger partial charge in [-0.25, -0.2) is 0 Å². The Morgan fingerprint density at radius 2 is 1.46 bits per heavy atom. The number of amides is 1. The largest absolute Gasteiger partial charge is 0.497 e. The van der Waals surface area contributed by atoms with E-state index in [9.17, 15) is 4.79 Å². The zero-order valence-corrected chi connectivity index (χ0v) is 13.9. The Kier molecular flexibility index (Phi) is 4.89. The number of carbonyl (C=O) groups is 1. The number of carbonyl (C=O) groups excluding carboxylic acids is 1. The van der Waals surface area contributed by atoms with Crippen LogP contribution in [0.1, 0.15) is 16.8 Å². The van der Waals surface area contributed by atoms with Crippen LogP contribution in [0, 0.1) is 0 Å². The number of hydrogen-bond donors (Lipinski definition) is 0. The van der Waals surface area contributed by atoms with E-state index in [4.69, 9.17) is 14.2 Å². The van der Waals surface area contributed by atoms with Gasteiger partial charge in [0.15, 0.2) is 0 Å². The highest BCUT2D eigenvalue weighted by molar-refractivity contribution is 5.94. The SMILES string of the molecule is COc1ccc(O[C@@H]2CCN(C(=O)c3ccc(OC)cc3)C2)cc1. The molecule has 1 heterocycles. The van der Waals surface area contributed by atoms with Crippen molar-refractivity contribution in [2.45, 2.75) is 12.5 Å². The Bertz CT molecular complexity index is 682. The van der Waals surface area contributed by atoms with Crippen molar-refractivity contribution in [2.24, 2.45) is 0 Å². The van der Waals surface area contributed by atoms with E-state index in [1.807, 2.05) is 29.2 Å². The molecule has 1 aliphatic heterocycles. The van der Waals surface area contributed by atoms with Crippen LogP contribution in [-0.2, 0) is 0 Å². The maximum atomic E-state index is 12.5. The second kappa shape index (κ2) is 7.25. The predicted molar refractivity (Wildman–Crippen MR) is 90.9 cm³/mol. The van der Waals surface area contributed by atoms with Gasteiger partial charge in [0, 0.05) is 18.5 Å². The van der Waals surface area contributed by atoms with Crippen molar-refractivity contribution in [2.75, 3.05) is 27.3 Å². The number of nitrogens with zero attached hydrogens (tertiary/aromatic N) is 1. The van der Waals surface area contributed by atoms with Crippen LogP contribution in [0.5, 0.6) is 17.2 Å². The summed E-state index contributed by atoms with van der Waals surface area (Å²) >= 11 is 0. The number of rotatable bonds is 5. The van der Waals surface area contributed by atoms with E-state index in [1.165, 1.54) is 0 Å². The lowest BCUT2D eigenvalue weighted by Gasteiger charge is -2.17. The second-order valence-electron chi connectivity index (χ2n) is 5.68. The predicted octanol–water partition coefficient (Wildman–Crippen LogP) is 3.00. The fourth-order valence-electron chi connectivity index (χ4n) is 2.77. The first-order chi connectivity index (χ1) is 11.7. The molecule has 1 aliphatic rings. The van der Waals surface area contributed by atoms with Crippen LogP contribution in [0.3, 0.4) is 0 Å². The molecule has 3 rings (SSSR count). The standard InChI is InChI=1S/C19H21NO4/c1-22-15-5-3-14(4-6-15)19(21)20-12-11-18(13-20)24-17-9-7-16(23-2)8-10-17/h3-10,18H,11-13H2,1-2H3/t18-/m1/s1. The number of benzene rings is 2. The number of hydrogen-bond acceptors (Lipinski definition) is 4. The fraction of sp³-hybridized carbons (Fsp3) is 0.316. The van der Waals surface area contributed by atoms with E-state index in [0.717, 1.165) is 23.7 Å². The van der Waals surface area contributed by atoms with Crippen LogP contribution in [0.25, 0.3) is 0 Å².